The maximum absolute atomic E-state index is 11.7. The number of rotatable bonds is 6. The Hall–Kier alpha value is -1.31. The first-order valence-corrected chi connectivity index (χ1v) is 5.48. The second kappa shape index (κ2) is 6.03. The second-order valence-electron chi connectivity index (χ2n) is 4.00. The average Bonchev–Trinajstić information content (AvgIpc) is 2.58. The van der Waals surface area contributed by atoms with Crippen molar-refractivity contribution in [1.82, 2.24) is 4.90 Å². The van der Waals surface area contributed by atoms with Crippen molar-refractivity contribution in [2.75, 3.05) is 19.8 Å². The molecule has 1 fully saturated rings. The number of carboxylic acids is 1. The van der Waals surface area contributed by atoms with Crippen LogP contribution in [0.1, 0.15) is 19.3 Å². The minimum atomic E-state index is -4.37. The quantitative estimate of drug-likeness (QED) is 0.731. The summed E-state index contributed by atoms with van der Waals surface area (Å²) < 4.78 is 39.6. The lowest BCUT2D eigenvalue weighted by Crippen LogP contribution is -2.39. The number of ether oxygens (including phenoxy) is 1. The molecule has 0 aromatic rings. The van der Waals surface area contributed by atoms with Crippen LogP contribution in [0.5, 0.6) is 0 Å². The van der Waals surface area contributed by atoms with E-state index in [0.29, 0.717) is 0 Å². The van der Waals surface area contributed by atoms with Gasteiger partial charge in [0.15, 0.2) is 0 Å². The molecule has 0 aliphatic carbocycles. The fourth-order valence-corrected chi connectivity index (χ4v) is 1.80. The van der Waals surface area contributed by atoms with Crippen LogP contribution < -0.4 is 0 Å². The largest absolute Gasteiger partial charge is 0.480 e. The van der Waals surface area contributed by atoms with E-state index in [9.17, 15) is 22.8 Å². The number of aliphatic carboxylic acids is 1. The molecule has 18 heavy (non-hydrogen) atoms. The summed E-state index contributed by atoms with van der Waals surface area (Å²) in [6, 6.07) is -0.861. The van der Waals surface area contributed by atoms with Gasteiger partial charge < -0.3 is 14.7 Å². The standard InChI is InChI=1S/C10H14F3NO4/c11-10(12,13)6-18-5-1-4-14-7(9(16)17)2-3-8(14)15/h7H,1-6H2,(H,16,17). The maximum Gasteiger partial charge on any atom is 0.411 e. The molecule has 1 rings (SSSR count). The molecule has 1 saturated heterocycles. The number of likely N-dealkylation sites (tertiary alicyclic amines) is 1. The molecule has 0 bridgehead atoms. The van der Waals surface area contributed by atoms with Gasteiger partial charge in [-0.2, -0.15) is 13.2 Å². The van der Waals surface area contributed by atoms with E-state index in [-0.39, 0.29) is 38.3 Å². The molecule has 0 aromatic carbocycles. The molecule has 1 unspecified atom stereocenters. The Morgan fingerprint density at radius 3 is 2.72 bits per heavy atom. The van der Waals surface area contributed by atoms with E-state index in [0.717, 1.165) is 0 Å². The number of nitrogens with zero attached hydrogens (tertiary/aromatic N) is 1. The van der Waals surface area contributed by atoms with Gasteiger partial charge in [-0.3, -0.25) is 4.79 Å². The number of carbonyl (C=O) groups is 2. The molecule has 0 spiro atoms. The number of alkyl halides is 3. The topological polar surface area (TPSA) is 66.8 Å². The number of hydrogen-bond donors (Lipinski definition) is 1. The van der Waals surface area contributed by atoms with E-state index in [1.807, 2.05) is 0 Å². The van der Waals surface area contributed by atoms with Gasteiger partial charge in [-0.15, -0.1) is 0 Å². The summed E-state index contributed by atoms with van der Waals surface area (Å²) >= 11 is 0. The van der Waals surface area contributed by atoms with Crippen LogP contribution in [0, 0.1) is 0 Å². The SMILES string of the molecule is O=C(O)C1CCC(=O)N1CCCOCC(F)(F)F. The minimum absolute atomic E-state index is 0.105. The van der Waals surface area contributed by atoms with Crippen LogP contribution in [0.3, 0.4) is 0 Å². The zero-order chi connectivity index (χ0) is 13.8. The average molecular weight is 269 g/mol. The second-order valence-corrected chi connectivity index (χ2v) is 4.00. The van der Waals surface area contributed by atoms with Crippen LogP contribution in [0.2, 0.25) is 0 Å². The van der Waals surface area contributed by atoms with Gasteiger partial charge in [-0.1, -0.05) is 0 Å². The highest BCUT2D eigenvalue weighted by atomic mass is 19.4. The van der Waals surface area contributed by atoms with Crippen molar-refractivity contribution in [2.24, 2.45) is 0 Å². The summed E-state index contributed by atoms with van der Waals surface area (Å²) in [4.78, 5) is 23.3. The van der Waals surface area contributed by atoms with Gasteiger partial charge >= 0.3 is 12.1 Å². The van der Waals surface area contributed by atoms with Crippen molar-refractivity contribution < 1.29 is 32.6 Å². The number of halogens is 3. The Morgan fingerprint density at radius 1 is 1.50 bits per heavy atom. The first-order chi connectivity index (χ1) is 8.31. The monoisotopic (exact) mass is 269 g/mol. The molecule has 8 heteroatoms. The summed E-state index contributed by atoms with van der Waals surface area (Å²) in [5.41, 5.74) is 0. The maximum atomic E-state index is 11.7. The van der Waals surface area contributed by atoms with Gasteiger partial charge in [0.05, 0.1) is 0 Å². The molecule has 1 heterocycles. The van der Waals surface area contributed by atoms with E-state index in [4.69, 9.17) is 5.11 Å². The third kappa shape index (κ3) is 4.52. The Kier molecular flexibility index (Phi) is 4.94. The molecule has 5 nitrogen and oxygen atoms in total. The Labute approximate surface area is 102 Å². The highest BCUT2D eigenvalue weighted by Gasteiger charge is 2.35. The van der Waals surface area contributed by atoms with Gasteiger partial charge in [0, 0.05) is 19.6 Å². The Balaban J connectivity index is 2.25. The van der Waals surface area contributed by atoms with Gasteiger partial charge in [0.2, 0.25) is 5.91 Å². The van der Waals surface area contributed by atoms with Crippen molar-refractivity contribution in [3.05, 3.63) is 0 Å². The van der Waals surface area contributed by atoms with Crippen molar-refractivity contribution in [3.63, 3.8) is 0 Å². The number of hydrogen-bond acceptors (Lipinski definition) is 3. The Bertz CT molecular complexity index is 319. The molecule has 1 aliphatic heterocycles. The van der Waals surface area contributed by atoms with Gasteiger partial charge in [-0.25, -0.2) is 4.79 Å². The predicted octanol–water partition coefficient (Wildman–Crippen LogP) is 1.03. The smallest absolute Gasteiger partial charge is 0.411 e. The zero-order valence-corrected chi connectivity index (χ0v) is 9.57. The van der Waals surface area contributed by atoms with E-state index in [2.05, 4.69) is 4.74 Å². The normalized spacial score (nSPS) is 20.5. The van der Waals surface area contributed by atoms with Crippen LogP contribution in [0.25, 0.3) is 0 Å². The van der Waals surface area contributed by atoms with Crippen molar-refractivity contribution in [3.8, 4) is 0 Å². The molecule has 1 amide bonds. The highest BCUT2D eigenvalue weighted by Crippen LogP contribution is 2.19. The summed E-state index contributed by atoms with van der Waals surface area (Å²) in [6.45, 7) is -1.38. The molecule has 0 saturated carbocycles. The first-order valence-electron chi connectivity index (χ1n) is 5.48. The van der Waals surface area contributed by atoms with Crippen LogP contribution >= 0.6 is 0 Å². The summed E-state index contributed by atoms with van der Waals surface area (Å²) in [6.07, 6.45) is -3.77. The third-order valence-corrected chi connectivity index (χ3v) is 2.57. The van der Waals surface area contributed by atoms with Gasteiger partial charge in [0.1, 0.15) is 12.6 Å². The number of amides is 1. The summed E-state index contributed by atoms with van der Waals surface area (Å²) in [7, 11) is 0. The molecule has 104 valence electrons. The van der Waals surface area contributed by atoms with Crippen molar-refractivity contribution in [1.29, 1.82) is 0 Å². The first kappa shape index (κ1) is 14.7. The lowest BCUT2D eigenvalue weighted by molar-refractivity contribution is -0.174. The number of carbonyl (C=O) groups excluding carboxylic acids is 1. The molecule has 1 atom stereocenters. The van der Waals surface area contributed by atoms with Crippen molar-refractivity contribution >= 4 is 11.9 Å². The lowest BCUT2D eigenvalue weighted by atomic mass is 10.2. The molecular weight excluding hydrogens is 255 g/mol. The number of carboxylic acid groups (broad SMARTS) is 1. The molecule has 0 radical (unpaired) electrons. The molecule has 1 aliphatic rings. The van der Waals surface area contributed by atoms with Crippen LogP contribution in [-0.2, 0) is 14.3 Å². The third-order valence-electron chi connectivity index (χ3n) is 2.57. The molecule has 1 N–H and O–H groups in total. The highest BCUT2D eigenvalue weighted by molar-refractivity contribution is 5.87. The van der Waals surface area contributed by atoms with Crippen LogP contribution in [0.15, 0.2) is 0 Å². The summed E-state index contributed by atoms with van der Waals surface area (Å²) in [5, 5.41) is 8.84. The van der Waals surface area contributed by atoms with E-state index in [1.165, 1.54) is 4.90 Å². The minimum Gasteiger partial charge on any atom is -0.480 e. The van der Waals surface area contributed by atoms with Gasteiger partial charge in [0.25, 0.3) is 0 Å². The predicted molar refractivity (Wildman–Crippen MR) is 53.9 cm³/mol. The molecular formula is C10H14F3NO4. The summed E-state index contributed by atoms with van der Waals surface area (Å²) in [5.74, 6) is -1.37. The lowest BCUT2D eigenvalue weighted by Gasteiger charge is -2.21. The van der Waals surface area contributed by atoms with Gasteiger partial charge in [-0.05, 0) is 12.8 Å². The zero-order valence-electron chi connectivity index (χ0n) is 9.57. The van der Waals surface area contributed by atoms with E-state index >= 15 is 0 Å². The van der Waals surface area contributed by atoms with Crippen LogP contribution in [-0.4, -0.2) is 53.9 Å². The van der Waals surface area contributed by atoms with Crippen LogP contribution in [0.4, 0.5) is 13.2 Å². The van der Waals surface area contributed by atoms with Crippen molar-refractivity contribution in [2.45, 2.75) is 31.5 Å². The van der Waals surface area contributed by atoms with E-state index < -0.39 is 24.8 Å². The fraction of sp³-hybridized carbons (Fsp3) is 0.800. The molecule has 0 aromatic heterocycles. The fourth-order valence-electron chi connectivity index (χ4n) is 1.80. The van der Waals surface area contributed by atoms with E-state index in [1.54, 1.807) is 0 Å². The Morgan fingerprint density at radius 2 is 2.17 bits per heavy atom.